The first-order valence-corrected chi connectivity index (χ1v) is 8.43. The molecule has 2 N–H and O–H groups in total. The molecule has 0 radical (unpaired) electrons. The van der Waals surface area contributed by atoms with Gasteiger partial charge in [-0.05, 0) is 30.2 Å². The molecule has 0 aliphatic carbocycles. The van der Waals surface area contributed by atoms with Crippen molar-refractivity contribution in [1.82, 2.24) is 15.2 Å². The lowest BCUT2D eigenvalue weighted by Crippen LogP contribution is -2.45. The highest BCUT2D eigenvalue weighted by molar-refractivity contribution is 5.85. The van der Waals surface area contributed by atoms with E-state index in [1.165, 1.54) is 35.7 Å². The molecule has 1 aliphatic rings. The first-order valence-electron chi connectivity index (χ1n) is 8.43. The minimum Gasteiger partial charge on any atom is -0.497 e. The summed E-state index contributed by atoms with van der Waals surface area (Å²) in [5.74, 6) is 0.933. The van der Waals surface area contributed by atoms with Crippen LogP contribution in [0.3, 0.4) is 0 Å². The van der Waals surface area contributed by atoms with Gasteiger partial charge in [0.05, 0.1) is 7.11 Å². The van der Waals surface area contributed by atoms with E-state index >= 15 is 0 Å². The van der Waals surface area contributed by atoms with Crippen molar-refractivity contribution in [2.75, 3.05) is 33.3 Å². The van der Waals surface area contributed by atoms with Gasteiger partial charge in [0, 0.05) is 49.3 Å². The fourth-order valence-electron chi connectivity index (χ4n) is 3.45. The summed E-state index contributed by atoms with van der Waals surface area (Å²) in [4.78, 5) is 6.07. The van der Waals surface area contributed by atoms with Crippen molar-refractivity contribution in [3.63, 3.8) is 0 Å². The largest absolute Gasteiger partial charge is 0.497 e. The van der Waals surface area contributed by atoms with Crippen LogP contribution >= 0.6 is 0 Å². The third kappa shape index (κ3) is 3.13. The van der Waals surface area contributed by atoms with E-state index < -0.39 is 0 Å². The number of nitrogens with zero attached hydrogens (tertiary/aromatic N) is 1. The number of H-pyrrole nitrogens is 1. The van der Waals surface area contributed by atoms with Crippen molar-refractivity contribution in [3.05, 3.63) is 30.0 Å². The summed E-state index contributed by atoms with van der Waals surface area (Å²) in [5, 5.41) is 4.76. The summed E-state index contributed by atoms with van der Waals surface area (Å²) in [6.07, 6.45) is 5.94. The van der Waals surface area contributed by atoms with Gasteiger partial charge >= 0.3 is 0 Å². The number of hydrogen-bond donors (Lipinski definition) is 2. The minimum atomic E-state index is 0.503. The van der Waals surface area contributed by atoms with Crippen LogP contribution in [0.2, 0.25) is 0 Å². The van der Waals surface area contributed by atoms with Crippen LogP contribution < -0.4 is 10.1 Å². The van der Waals surface area contributed by atoms with Crippen molar-refractivity contribution < 1.29 is 4.74 Å². The van der Waals surface area contributed by atoms with E-state index in [1.807, 2.05) is 6.07 Å². The van der Waals surface area contributed by atoms with Crippen molar-refractivity contribution in [1.29, 1.82) is 0 Å². The number of benzene rings is 1. The number of methoxy groups -OCH3 is 1. The van der Waals surface area contributed by atoms with Crippen LogP contribution in [0.4, 0.5) is 0 Å². The Bertz CT molecular complexity index is 601. The summed E-state index contributed by atoms with van der Waals surface area (Å²) in [6, 6.07) is 6.81. The lowest BCUT2D eigenvalue weighted by Gasteiger charge is -2.35. The zero-order valence-electron chi connectivity index (χ0n) is 13.7. The molecule has 1 fully saturated rings. The van der Waals surface area contributed by atoms with Gasteiger partial charge in [-0.2, -0.15) is 0 Å². The number of fused-ring (bicyclic) bond motifs is 1. The van der Waals surface area contributed by atoms with E-state index in [0.29, 0.717) is 6.04 Å². The van der Waals surface area contributed by atoms with E-state index in [4.69, 9.17) is 4.74 Å². The molecule has 0 amide bonds. The Morgan fingerprint density at radius 1 is 1.27 bits per heavy atom. The Morgan fingerprint density at radius 3 is 2.82 bits per heavy atom. The summed E-state index contributed by atoms with van der Waals surface area (Å²) < 4.78 is 5.42. The van der Waals surface area contributed by atoms with Gasteiger partial charge in [0.15, 0.2) is 0 Å². The van der Waals surface area contributed by atoms with Crippen LogP contribution in [-0.4, -0.2) is 43.2 Å². The Morgan fingerprint density at radius 2 is 2.09 bits per heavy atom. The van der Waals surface area contributed by atoms with Crippen LogP contribution in [0.15, 0.2) is 24.4 Å². The van der Waals surface area contributed by atoms with Crippen LogP contribution in [0, 0.1) is 0 Å². The third-order valence-corrected chi connectivity index (χ3v) is 4.70. The van der Waals surface area contributed by atoms with E-state index in [0.717, 1.165) is 31.9 Å². The minimum absolute atomic E-state index is 0.503. The molecule has 120 valence electrons. The first kappa shape index (κ1) is 15.4. The van der Waals surface area contributed by atoms with Crippen LogP contribution in [0.25, 0.3) is 10.9 Å². The number of aromatic nitrogens is 1. The van der Waals surface area contributed by atoms with Crippen molar-refractivity contribution >= 4 is 10.9 Å². The van der Waals surface area contributed by atoms with E-state index in [-0.39, 0.29) is 0 Å². The molecule has 0 saturated carbocycles. The van der Waals surface area contributed by atoms with E-state index in [1.54, 1.807) is 7.11 Å². The number of unbranched alkanes of at least 4 members (excludes halogenated alkanes) is 1. The second-order valence-corrected chi connectivity index (χ2v) is 6.10. The molecule has 2 heterocycles. The second kappa shape index (κ2) is 7.16. The lowest BCUT2D eigenvalue weighted by molar-refractivity contribution is 0.164. The molecule has 0 bridgehead atoms. The molecule has 1 saturated heterocycles. The average Bonchev–Trinajstić information content (AvgIpc) is 2.99. The highest BCUT2D eigenvalue weighted by atomic mass is 16.5. The smallest absolute Gasteiger partial charge is 0.119 e. The average molecular weight is 301 g/mol. The predicted octanol–water partition coefficient (Wildman–Crippen LogP) is 3.31. The maximum Gasteiger partial charge on any atom is 0.119 e. The van der Waals surface area contributed by atoms with Crippen LogP contribution in [0.1, 0.15) is 37.8 Å². The number of nitrogens with one attached hydrogen (secondary N) is 2. The Hall–Kier alpha value is -1.52. The normalized spacial score (nSPS) is 17.7. The quantitative estimate of drug-likeness (QED) is 0.860. The Balaban J connectivity index is 1.95. The fraction of sp³-hybridized carbons (Fsp3) is 0.556. The lowest BCUT2D eigenvalue weighted by atomic mass is 9.98. The number of hydrogen-bond acceptors (Lipinski definition) is 3. The molecule has 4 heteroatoms. The SMILES string of the molecule is CCCC[C@H](c1c[nH]c2ccc(OC)cc12)N1CCNCC1. The molecule has 4 nitrogen and oxygen atoms in total. The van der Waals surface area contributed by atoms with Gasteiger partial charge in [-0.1, -0.05) is 19.8 Å². The molecule has 0 spiro atoms. The Kier molecular flexibility index (Phi) is 5.01. The van der Waals surface area contributed by atoms with Crippen LogP contribution in [-0.2, 0) is 0 Å². The molecule has 1 atom stereocenters. The monoisotopic (exact) mass is 301 g/mol. The fourth-order valence-corrected chi connectivity index (χ4v) is 3.45. The number of piperazine rings is 1. The molecular weight excluding hydrogens is 274 g/mol. The van der Waals surface area contributed by atoms with Gasteiger partial charge in [0.25, 0.3) is 0 Å². The number of aromatic amines is 1. The molecule has 3 rings (SSSR count). The van der Waals surface area contributed by atoms with Crippen molar-refractivity contribution in [2.24, 2.45) is 0 Å². The van der Waals surface area contributed by atoms with Gasteiger partial charge in [0.1, 0.15) is 5.75 Å². The maximum atomic E-state index is 5.42. The van der Waals surface area contributed by atoms with Gasteiger partial charge in [0.2, 0.25) is 0 Å². The highest BCUT2D eigenvalue weighted by Crippen LogP contribution is 2.34. The molecule has 22 heavy (non-hydrogen) atoms. The predicted molar refractivity (Wildman–Crippen MR) is 91.6 cm³/mol. The summed E-state index contributed by atoms with van der Waals surface area (Å²) >= 11 is 0. The number of ether oxygens (including phenoxy) is 1. The zero-order chi connectivity index (χ0) is 15.4. The summed E-state index contributed by atoms with van der Waals surface area (Å²) in [7, 11) is 1.73. The van der Waals surface area contributed by atoms with Gasteiger partial charge in [-0.25, -0.2) is 0 Å². The highest BCUT2D eigenvalue weighted by Gasteiger charge is 2.24. The van der Waals surface area contributed by atoms with Crippen molar-refractivity contribution in [2.45, 2.75) is 32.2 Å². The van der Waals surface area contributed by atoms with E-state index in [9.17, 15) is 0 Å². The maximum absolute atomic E-state index is 5.42. The molecule has 1 aromatic carbocycles. The second-order valence-electron chi connectivity index (χ2n) is 6.10. The Labute approximate surface area is 132 Å². The van der Waals surface area contributed by atoms with Gasteiger partial charge < -0.3 is 15.0 Å². The number of rotatable bonds is 6. The standard InChI is InChI=1S/C18H27N3O/c1-3-4-5-18(21-10-8-19-9-11-21)16-13-20-17-7-6-14(22-2)12-15(16)17/h6-7,12-13,18-20H,3-5,8-11H2,1-2H3/t18-/m1/s1. The summed E-state index contributed by atoms with van der Waals surface area (Å²) in [5.41, 5.74) is 2.62. The van der Waals surface area contributed by atoms with Gasteiger partial charge in [-0.3, -0.25) is 4.90 Å². The third-order valence-electron chi connectivity index (χ3n) is 4.70. The zero-order valence-corrected chi connectivity index (χ0v) is 13.7. The summed E-state index contributed by atoms with van der Waals surface area (Å²) in [6.45, 7) is 6.71. The van der Waals surface area contributed by atoms with Crippen molar-refractivity contribution in [3.8, 4) is 5.75 Å². The molecule has 2 aromatic rings. The molecule has 0 unspecified atom stereocenters. The molecule has 1 aliphatic heterocycles. The molecule has 1 aromatic heterocycles. The van der Waals surface area contributed by atoms with E-state index in [2.05, 4.69) is 40.5 Å². The van der Waals surface area contributed by atoms with Gasteiger partial charge in [-0.15, -0.1) is 0 Å². The van der Waals surface area contributed by atoms with Crippen LogP contribution in [0.5, 0.6) is 5.75 Å². The first-order chi connectivity index (χ1) is 10.8. The molecular formula is C18H27N3O. The topological polar surface area (TPSA) is 40.3 Å².